The minimum Gasteiger partial charge on any atom is -0.510 e. The summed E-state index contributed by atoms with van der Waals surface area (Å²) in [6, 6.07) is 3.21. The topological polar surface area (TPSA) is 188 Å². The average Bonchev–Trinajstić information content (AvgIpc) is 3.38. The molecule has 1 amide bonds. The molecule has 4 aliphatic rings. The van der Waals surface area contributed by atoms with E-state index in [0.29, 0.717) is 5.56 Å². The summed E-state index contributed by atoms with van der Waals surface area (Å²) in [5, 5.41) is 45.4. The number of Topliss-reactive ketones (excluding diaryl/α,β-unsaturated/α-hetero) is 2. The zero-order valence-corrected chi connectivity index (χ0v) is 22.6. The molecule has 214 valence electrons. The van der Waals surface area contributed by atoms with Crippen LogP contribution in [0.2, 0.25) is 0 Å². The molecule has 0 spiro atoms. The third-order valence-corrected chi connectivity index (χ3v) is 9.17. The number of likely N-dealkylation sites (N-methyl/N-ethyl adjacent to an activating group) is 1. The minimum atomic E-state index is -2.94. The molecule has 0 saturated heterocycles. The number of carbonyl (C=O) groups excluding carboxylic acids is 4. The lowest BCUT2D eigenvalue weighted by Crippen LogP contribution is -2.69. The first-order valence-corrected chi connectivity index (χ1v) is 13.5. The van der Waals surface area contributed by atoms with E-state index in [0.717, 1.165) is 25.7 Å². The Bertz CT molecular complexity index is 1370. The van der Waals surface area contributed by atoms with Gasteiger partial charge in [-0.05, 0) is 50.4 Å². The monoisotopic (exact) mass is 554 g/mol. The van der Waals surface area contributed by atoms with Crippen LogP contribution in [0.1, 0.15) is 60.9 Å². The molecule has 5 rings (SSSR count). The number of primary amides is 1. The number of nitrogens with two attached hydrogens (primary N) is 1. The Labute approximate surface area is 230 Å². The first-order valence-electron chi connectivity index (χ1n) is 13.5. The van der Waals surface area contributed by atoms with Crippen LogP contribution in [0.5, 0.6) is 5.75 Å². The van der Waals surface area contributed by atoms with Gasteiger partial charge in [0.1, 0.15) is 28.9 Å². The van der Waals surface area contributed by atoms with Gasteiger partial charge in [0.15, 0.2) is 11.4 Å². The van der Waals surface area contributed by atoms with Crippen LogP contribution in [0.15, 0.2) is 40.9 Å². The van der Waals surface area contributed by atoms with Crippen molar-refractivity contribution in [1.29, 1.82) is 0 Å². The Morgan fingerprint density at radius 3 is 2.38 bits per heavy atom. The highest BCUT2D eigenvalue weighted by Crippen LogP contribution is 2.56. The third kappa shape index (κ3) is 3.86. The van der Waals surface area contributed by atoms with E-state index in [-0.39, 0.29) is 23.7 Å². The van der Waals surface area contributed by atoms with E-state index in [1.807, 2.05) is 0 Å². The number of fused-ring (bicyclic) bond motifs is 3. The normalized spacial score (nSPS) is 32.2. The van der Waals surface area contributed by atoms with Gasteiger partial charge in [-0.3, -0.25) is 24.1 Å². The van der Waals surface area contributed by atoms with Crippen LogP contribution in [-0.4, -0.2) is 80.6 Å². The number of ketones is 2. The number of aromatic hydroxyl groups is 1. The van der Waals surface area contributed by atoms with Gasteiger partial charge in [0.2, 0.25) is 5.78 Å². The van der Waals surface area contributed by atoms with Gasteiger partial charge in [0.25, 0.3) is 5.91 Å². The highest BCUT2D eigenvalue weighted by Gasteiger charge is 2.68. The second-order valence-corrected chi connectivity index (χ2v) is 11.6. The summed E-state index contributed by atoms with van der Waals surface area (Å²) in [5.74, 6) is -9.34. The van der Waals surface area contributed by atoms with Crippen LogP contribution in [0.4, 0.5) is 0 Å². The number of esters is 1. The molecule has 40 heavy (non-hydrogen) atoms. The van der Waals surface area contributed by atoms with Crippen molar-refractivity contribution in [2.24, 2.45) is 23.5 Å². The summed E-state index contributed by atoms with van der Waals surface area (Å²) in [6.07, 6.45) is 2.40. The van der Waals surface area contributed by atoms with Crippen molar-refractivity contribution >= 4 is 23.4 Å². The third-order valence-electron chi connectivity index (χ3n) is 9.17. The average molecular weight is 555 g/mol. The molecule has 0 radical (unpaired) electrons. The van der Waals surface area contributed by atoms with Gasteiger partial charge in [-0.25, -0.2) is 0 Å². The highest BCUT2D eigenvalue weighted by atomic mass is 16.5. The van der Waals surface area contributed by atoms with Crippen molar-refractivity contribution in [3.8, 4) is 5.75 Å². The fourth-order valence-electron chi connectivity index (χ4n) is 7.34. The summed E-state index contributed by atoms with van der Waals surface area (Å²) < 4.78 is 6.05. The predicted molar refractivity (Wildman–Crippen MR) is 140 cm³/mol. The van der Waals surface area contributed by atoms with Crippen LogP contribution in [0.25, 0.3) is 0 Å². The van der Waals surface area contributed by atoms with Gasteiger partial charge in [0.05, 0.1) is 17.5 Å². The smallest absolute Gasteiger partial charge is 0.306 e. The molecule has 11 heteroatoms. The number of hydrogen-bond acceptors (Lipinski definition) is 10. The summed E-state index contributed by atoms with van der Waals surface area (Å²) in [6.45, 7) is 1.73. The zero-order chi connectivity index (χ0) is 29.3. The Balaban J connectivity index is 1.76. The van der Waals surface area contributed by atoms with Gasteiger partial charge in [-0.2, -0.15) is 0 Å². The van der Waals surface area contributed by atoms with Crippen molar-refractivity contribution in [3.05, 3.63) is 52.0 Å². The summed E-state index contributed by atoms with van der Waals surface area (Å²) in [5.41, 5.74) is 1.50. The van der Waals surface area contributed by atoms with E-state index >= 15 is 0 Å². The summed E-state index contributed by atoms with van der Waals surface area (Å²) in [7, 11) is 3.04. The highest BCUT2D eigenvalue weighted by molar-refractivity contribution is 6.25. The fourth-order valence-corrected chi connectivity index (χ4v) is 7.34. The van der Waals surface area contributed by atoms with Crippen molar-refractivity contribution in [1.82, 2.24) is 4.90 Å². The maximum Gasteiger partial charge on any atom is 0.306 e. The number of rotatable bonds is 5. The van der Waals surface area contributed by atoms with Crippen molar-refractivity contribution in [2.75, 3.05) is 14.1 Å². The molecule has 6 N–H and O–H groups in total. The van der Waals surface area contributed by atoms with E-state index in [2.05, 4.69) is 0 Å². The molecule has 0 heterocycles. The molecule has 1 saturated carbocycles. The summed E-state index contributed by atoms with van der Waals surface area (Å²) in [4.78, 5) is 54.6. The van der Waals surface area contributed by atoms with E-state index < -0.39 is 81.6 Å². The van der Waals surface area contributed by atoms with Crippen molar-refractivity contribution < 1.29 is 44.3 Å². The number of ether oxygens (including phenoxy) is 1. The Hall–Kier alpha value is -3.70. The molecule has 4 aliphatic carbocycles. The standard InChI is InChI=1S/C29H34N2O9/c1-12-14-9-6-10-15(32)18(14)23(34)19-17(12)25(40-16(33)11-13-7-4-5-8-13)21-22(31(2)3)24(35)20(28(30)38)27(37)29(21,39)26(19)36/h6,9-10,12-13,17,21-22,25,32,35-36,39H,4-5,7-8,11H2,1-3H3,(H2,30,38)/t12-,17+,21+,22-,25-,29-/m0/s1. The number of phenols is 1. The first kappa shape index (κ1) is 27.9. The van der Waals surface area contributed by atoms with Crippen molar-refractivity contribution in [2.45, 2.75) is 62.7 Å². The molecular formula is C29H34N2O9. The van der Waals surface area contributed by atoms with Crippen LogP contribution >= 0.6 is 0 Å². The molecular weight excluding hydrogens is 520 g/mol. The number of hydrogen-bond donors (Lipinski definition) is 5. The lowest BCUT2D eigenvalue weighted by atomic mass is 9.55. The van der Waals surface area contributed by atoms with Gasteiger partial charge >= 0.3 is 5.97 Å². The predicted octanol–water partition coefficient (Wildman–Crippen LogP) is 1.78. The molecule has 0 unspecified atom stereocenters. The number of benzene rings is 1. The molecule has 6 atom stereocenters. The number of nitrogens with zero attached hydrogens (tertiary/aromatic N) is 1. The quantitative estimate of drug-likeness (QED) is 0.265. The van der Waals surface area contributed by atoms with E-state index in [4.69, 9.17) is 10.5 Å². The van der Waals surface area contributed by atoms with Gasteiger partial charge in [-0.1, -0.05) is 31.9 Å². The van der Waals surface area contributed by atoms with Gasteiger partial charge < -0.3 is 30.9 Å². The lowest BCUT2D eigenvalue weighted by Gasteiger charge is -2.54. The maximum atomic E-state index is 13.9. The zero-order valence-electron chi connectivity index (χ0n) is 22.6. The van der Waals surface area contributed by atoms with Crippen LogP contribution in [0.3, 0.4) is 0 Å². The molecule has 0 aliphatic heterocycles. The Morgan fingerprint density at radius 1 is 1.12 bits per heavy atom. The van der Waals surface area contributed by atoms with E-state index in [9.17, 15) is 39.6 Å². The number of carbonyl (C=O) groups is 4. The Morgan fingerprint density at radius 2 is 1.77 bits per heavy atom. The maximum absolute atomic E-state index is 13.9. The SMILES string of the molecule is C[C@H]1c2cccc(O)c2C(=O)C2=C(O)[C@]3(O)C(=O)C(C(N)=O)=C(O)[C@@H](N(C)C)[C@@H]3[C@@H](OC(=O)CC3CCCC3)[C@@H]21. The van der Waals surface area contributed by atoms with Crippen LogP contribution in [-0.2, 0) is 19.1 Å². The van der Waals surface area contributed by atoms with E-state index in [1.165, 1.54) is 25.1 Å². The van der Waals surface area contributed by atoms with Gasteiger partial charge in [-0.15, -0.1) is 0 Å². The fraction of sp³-hybridized carbons (Fsp3) is 0.517. The number of amides is 1. The number of aliphatic hydroxyl groups is 3. The second kappa shape index (κ2) is 9.74. The van der Waals surface area contributed by atoms with Gasteiger partial charge in [0, 0.05) is 17.9 Å². The van der Waals surface area contributed by atoms with Crippen LogP contribution < -0.4 is 5.73 Å². The molecule has 0 aromatic heterocycles. The van der Waals surface area contributed by atoms with Crippen LogP contribution in [0, 0.1) is 17.8 Å². The molecule has 1 aromatic rings. The lowest BCUT2D eigenvalue weighted by molar-refractivity contribution is -0.181. The molecule has 1 aromatic carbocycles. The number of aliphatic hydroxyl groups excluding tert-OH is 2. The minimum absolute atomic E-state index is 0.0913. The molecule has 0 bridgehead atoms. The van der Waals surface area contributed by atoms with E-state index in [1.54, 1.807) is 19.1 Å². The number of phenolic OH excluding ortho intramolecular Hbond substituents is 1. The Kier molecular flexibility index (Phi) is 6.78. The largest absolute Gasteiger partial charge is 0.510 e. The van der Waals surface area contributed by atoms with Crippen molar-refractivity contribution in [3.63, 3.8) is 0 Å². The summed E-state index contributed by atoms with van der Waals surface area (Å²) >= 11 is 0. The molecule has 11 nitrogen and oxygen atoms in total. The second-order valence-electron chi connectivity index (χ2n) is 11.6. The first-order chi connectivity index (χ1) is 18.8. The molecule has 1 fully saturated rings.